The van der Waals surface area contributed by atoms with Crippen LogP contribution in [0, 0.1) is 0 Å². The zero-order valence-corrected chi connectivity index (χ0v) is 13.7. The first-order valence-electron chi connectivity index (χ1n) is 6.55. The number of alkyl carbamates (subject to hydrolysis) is 1. The minimum atomic E-state index is -0.651. The van der Waals surface area contributed by atoms with Crippen LogP contribution in [0.1, 0.15) is 32.6 Å². The summed E-state index contributed by atoms with van der Waals surface area (Å²) < 4.78 is 5.22. The minimum Gasteiger partial charge on any atom is -0.444 e. The van der Waals surface area contributed by atoms with Crippen LogP contribution in [0.4, 0.5) is 4.79 Å². The summed E-state index contributed by atoms with van der Waals surface area (Å²) in [6.45, 7) is 7.34. The predicted molar refractivity (Wildman–Crippen MR) is 84.8 cm³/mol. The molecule has 2 radical (unpaired) electrons. The molecule has 21 heavy (non-hydrogen) atoms. The van der Waals surface area contributed by atoms with Gasteiger partial charge in [-0.3, -0.25) is 10.3 Å². The van der Waals surface area contributed by atoms with Crippen molar-refractivity contribution in [2.24, 2.45) is 4.99 Å². The van der Waals surface area contributed by atoms with Gasteiger partial charge >= 0.3 is 6.09 Å². The van der Waals surface area contributed by atoms with Gasteiger partial charge in [-0.1, -0.05) is 11.5 Å². The number of nitrogens with zero attached hydrogens (tertiary/aromatic N) is 2. The molecule has 1 aliphatic heterocycles. The molecule has 112 valence electrons. The lowest BCUT2D eigenvalue weighted by molar-refractivity contribution is 0.0556. The summed E-state index contributed by atoms with van der Waals surface area (Å²) in [6.07, 6.45) is -0.537. The minimum absolute atomic E-state index is 0.402. The summed E-state index contributed by atoms with van der Waals surface area (Å²) in [5.74, 6) is 0.402. The molecule has 0 aliphatic carbocycles. The van der Waals surface area contributed by atoms with E-state index < -0.39 is 17.4 Å². The molecule has 2 rings (SSSR count). The Bertz CT molecular complexity index is 581. The Morgan fingerprint density at radius 3 is 2.76 bits per heavy atom. The fourth-order valence-electron chi connectivity index (χ4n) is 1.91. The zero-order chi connectivity index (χ0) is 15.8. The van der Waals surface area contributed by atoms with E-state index in [0.29, 0.717) is 11.4 Å². The lowest BCUT2D eigenvalue weighted by Gasteiger charge is -2.23. The highest BCUT2D eigenvalue weighted by atomic mass is 32.1. The van der Waals surface area contributed by atoms with Crippen LogP contribution in [0.3, 0.4) is 0 Å². The molecule has 0 aromatic carbocycles. The van der Waals surface area contributed by atoms with Gasteiger partial charge in [0.15, 0.2) is 5.66 Å². The van der Waals surface area contributed by atoms with Gasteiger partial charge in [-0.05, 0) is 33.1 Å². The Morgan fingerprint density at radius 1 is 1.57 bits per heavy atom. The molecule has 0 spiro atoms. The number of aliphatic imine (C=N–C) groups is 1. The molecule has 1 atom stereocenters. The van der Waals surface area contributed by atoms with Crippen LogP contribution < -0.4 is 16.2 Å². The van der Waals surface area contributed by atoms with Crippen LogP contribution in [-0.4, -0.2) is 37.6 Å². The highest BCUT2D eigenvalue weighted by Gasteiger charge is 2.36. The van der Waals surface area contributed by atoms with E-state index in [1.807, 2.05) is 39.1 Å². The largest absolute Gasteiger partial charge is 0.444 e. The summed E-state index contributed by atoms with van der Waals surface area (Å²) in [7, 11) is 7.53. The maximum Gasteiger partial charge on any atom is 0.414 e. The van der Waals surface area contributed by atoms with Crippen molar-refractivity contribution in [3.63, 3.8) is 0 Å². The van der Waals surface area contributed by atoms with Crippen molar-refractivity contribution in [1.29, 1.82) is 0 Å². The third-order valence-electron chi connectivity index (χ3n) is 2.74. The van der Waals surface area contributed by atoms with Gasteiger partial charge in [-0.25, -0.2) is 15.2 Å². The number of rotatable bonds is 1. The molecule has 1 aliphatic rings. The number of carbonyl (C=O) groups is 1. The van der Waals surface area contributed by atoms with Gasteiger partial charge < -0.3 is 4.74 Å². The smallest absolute Gasteiger partial charge is 0.414 e. The molecule has 1 unspecified atom stereocenters. The first-order valence-corrected chi connectivity index (χ1v) is 7.43. The van der Waals surface area contributed by atoms with Crippen LogP contribution in [0.5, 0.6) is 0 Å². The number of guanidine groups is 1. The standard InChI is InChI=1S/C13H19BN4O2S/c1-12(2,3)20-11(19)15-10-16-13(4,17-18(10)5)9-6-8(14)7-21-9/h6-7,17H,1-5H3,(H,15,16,19). The lowest BCUT2D eigenvalue weighted by atomic mass is 9.99. The number of hydrazine groups is 1. The summed E-state index contributed by atoms with van der Waals surface area (Å²) in [5, 5.41) is 6.15. The Hall–Kier alpha value is -1.54. The molecule has 1 amide bonds. The molecule has 2 heterocycles. The Balaban J connectivity index is 2.13. The molecule has 1 aromatic heterocycles. The molecular formula is C13H19BN4O2S. The van der Waals surface area contributed by atoms with Crippen LogP contribution in [-0.2, 0) is 10.4 Å². The fourth-order valence-corrected chi connectivity index (χ4v) is 2.77. The van der Waals surface area contributed by atoms with Gasteiger partial charge in [0.1, 0.15) is 13.4 Å². The van der Waals surface area contributed by atoms with E-state index in [-0.39, 0.29) is 0 Å². The van der Waals surface area contributed by atoms with E-state index in [4.69, 9.17) is 12.6 Å². The second-order valence-corrected chi connectivity index (χ2v) is 6.96. The van der Waals surface area contributed by atoms with Crippen molar-refractivity contribution in [3.05, 3.63) is 16.3 Å². The van der Waals surface area contributed by atoms with Crippen molar-refractivity contribution in [3.8, 4) is 0 Å². The number of nitrogens with one attached hydrogen (secondary N) is 2. The highest BCUT2D eigenvalue weighted by molar-refractivity contribution is 7.11. The second-order valence-electron chi connectivity index (χ2n) is 6.05. The predicted octanol–water partition coefficient (Wildman–Crippen LogP) is 1.05. The van der Waals surface area contributed by atoms with Gasteiger partial charge in [0.05, 0.1) is 0 Å². The third kappa shape index (κ3) is 3.76. The number of hydrogen-bond donors (Lipinski definition) is 2. The monoisotopic (exact) mass is 306 g/mol. The molecular weight excluding hydrogens is 287 g/mol. The summed E-state index contributed by atoms with van der Waals surface area (Å²) in [4.78, 5) is 17.3. The third-order valence-corrected chi connectivity index (χ3v) is 3.90. The Kier molecular flexibility index (Phi) is 4.03. The van der Waals surface area contributed by atoms with Crippen LogP contribution >= 0.6 is 11.3 Å². The van der Waals surface area contributed by atoms with Gasteiger partial charge in [-0.2, -0.15) is 0 Å². The van der Waals surface area contributed by atoms with E-state index in [0.717, 1.165) is 4.88 Å². The van der Waals surface area contributed by atoms with Gasteiger partial charge in [0.2, 0.25) is 5.96 Å². The topological polar surface area (TPSA) is 66.0 Å². The molecule has 0 saturated heterocycles. The van der Waals surface area contributed by atoms with Crippen molar-refractivity contribution in [2.75, 3.05) is 7.05 Å². The van der Waals surface area contributed by atoms with Crippen molar-refractivity contribution >= 4 is 36.7 Å². The molecule has 0 bridgehead atoms. The van der Waals surface area contributed by atoms with Crippen LogP contribution in [0.25, 0.3) is 0 Å². The van der Waals surface area contributed by atoms with Crippen LogP contribution in [0.15, 0.2) is 16.4 Å². The lowest BCUT2D eigenvalue weighted by Crippen LogP contribution is -2.47. The maximum absolute atomic E-state index is 11.8. The Morgan fingerprint density at radius 2 is 2.24 bits per heavy atom. The first kappa shape index (κ1) is 15.8. The zero-order valence-electron chi connectivity index (χ0n) is 12.9. The highest BCUT2D eigenvalue weighted by Crippen LogP contribution is 2.29. The van der Waals surface area contributed by atoms with Gasteiger partial charge in [0.25, 0.3) is 0 Å². The molecule has 1 aromatic rings. The van der Waals surface area contributed by atoms with Crippen molar-refractivity contribution in [2.45, 2.75) is 39.0 Å². The van der Waals surface area contributed by atoms with E-state index in [1.165, 1.54) is 11.3 Å². The fraction of sp³-hybridized carbons (Fsp3) is 0.538. The summed E-state index contributed by atoms with van der Waals surface area (Å²) in [6, 6.07) is 1.87. The number of ether oxygens (including phenoxy) is 1. The molecule has 2 N–H and O–H groups in total. The number of thiophene rings is 1. The van der Waals surface area contributed by atoms with Crippen LogP contribution in [0.2, 0.25) is 0 Å². The van der Waals surface area contributed by atoms with E-state index in [2.05, 4.69) is 15.7 Å². The molecule has 8 heteroatoms. The second kappa shape index (κ2) is 5.34. The average molecular weight is 306 g/mol. The molecule has 0 saturated carbocycles. The Labute approximate surface area is 130 Å². The molecule has 0 fully saturated rings. The maximum atomic E-state index is 11.8. The quantitative estimate of drug-likeness (QED) is 0.761. The number of carbonyl (C=O) groups excluding carboxylic acids is 1. The van der Waals surface area contributed by atoms with E-state index in [9.17, 15) is 4.79 Å². The van der Waals surface area contributed by atoms with Crippen molar-refractivity contribution in [1.82, 2.24) is 15.8 Å². The number of amides is 1. The summed E-state index contributed by atoms with van der Waals surface area (Å²) in [5.41, 5.74) is 2.68. The van der Waals surface area contributed by atoms with Gasteiger partial charge in [-0.15, -0.1) is 11.3 Å². The first-order chi connectivity index (χ1) is 9.59. The molecule has 6 nitrogen and oxygen atoms in total. The van der Waals surface area contributed by atoms with E-state index >= 15 is 0 Å². The number of hydrogen-bond acceptors (Lipinski definition) is 6. The summed E-state index contributed by atoms with van der Waals surface area (Å²) >= 11 is 1.51. The SMILES string of the molecule is [B]c1csc(C2(C)N=C(NC(=O)OC(C)(C)C)N(C)N2)c1. The van der Waals surface area contributed by atoms with Crippen molar-refractivity contribution < 1.29 is 9.53 Å². The van der Waals surface area contributed by atoms with E-state index in [1.54, 1.807) is 12.1 Å². The normalized spacial score (nSPS) is 22.1. The average Bonchev–Trinajstić information content (AvgIpc) is 2.83. The van der Waals surface area contributed by atoms with Gasteiger partial charge in [0, 0.05) is 11.9 Å².